The summed E-state index contributed by atoms with van der Waals surface area (Å²) in [5.74, 6) is 0. The molecule has 102 valence electrons. The van der Waals surface area contributed by atoms with Crippen LogP contribution in [0.25, 0.3) is 0 Å². The Morgan fingerprint density at radius 1 is 1.16 bits per heavy atom. The highest BCUT2D eigenvalue weighted by molar-refractivity contribution is 7.10. The van der Waals surface area contributed by atoms with Crippen LogP contribution in [0.15, 0.2) is 35.7 Å². The molecule has 0 saturated heterocycles. The van der Waals surface area contributed by atoms with Crippen molar-refractivity contribution >= 4 is 11.3 Å². The average molecular weight is 274 g/mol. The van der Waals surface area contributed by atoms with Gasteiger partial charge in [0.1, 0.15) is 0 Å². The van der Waals surface area contributed by atoms with Gasteiger partial charge in [-0.15, -0.1) is 11.3 Å². The molecular formula is C16H22N2S. The highest BCUT2D eigenvalue weighted by Gasteiger charge is 2.18. The van der Waals surface area contributed by atoms with Crippen LogP contribution in [0.4, 0.5) is 0 Å². The predicted molar refractivity (Wildman–Crippen MR) is 83.5 cm³/mol. The molecule has 0 aliphatic carbocycles. The normalized spacial score (nSPS) is 12.9. The highest BCUT2D eigenvalue weighted by atomic mass is 32.1. The van der Waals surface area contributed by atoms with Crippen molar-refractivity contribution in [3.63, 3.8) is 0 Å². The van der Waals surface area contributed by atoms with E-state index >= 15 is 0 Å². The van der Waals surface area contributed by atoms with Gasteiger partial charge in [-0.2, -0.15) is 0 Å². The van der Waals surface area contributed by atoms with Gasteiger partial charge in [-0.1, -0.05) is 29.8 Å². The number of rotatable bonds is 5. The van der Waals surface area contributed by atoms with Crippen LogP contribution in [0.5, 0.6) is 0 Å². The summed E-state index contributed by atoms with van der Waals surface area (Å²) in [7, 11) is 2.15. The zero-order valence-corrected chi connectivity index (χ0v) is 12.7. The van der Waals surface area contributed by atoms with Gasteiger partial charge >= 0.3 is 0 Å². The highest BCUT2D eigenvalue weighted by Crippen LogP contribution is 2.28. The minimum absolute atomic E-state index is 0.307. The summed E-state index contributed by atoms with van der Waals surface area (Å²) in [6.07, 6.45) is 0. The molecule has 1 heterocycles. The molecule has 1 atom stereocenters. The van der Waals surface area contributed by atoms with Crippen molar-refractivity contribution in [3.8, 4) is 0 Å². The third kappa shape index (κ3) is 3.44. The number of nitrogens with two attached hydrogens (primary N) is 1. The Balaban J connectivity index is 2.11. The smallest absolute Gasteiger partial charge is 0.0567 e. The van der Waals surface area contributed by atoms with Gasteiger partial charge in [0.2, 0.25) is 0 Å². The molecule has 1 unspecified atom stereocenters. The van der Waals surface area contributed by atoms with Crippen LogP contribution in [0.2, 0.25) is 0 Å². The maximum Gasteiger partial charge on any atom is 0.0567 e. The molecule has 2 N–H and O–H groups in total. The van der Waals surface area contributed by atoms with Crippen molar-refractivity contribution in [3.05, 3.63) is 57.3 Å². The molecule has 1 aromatic heterocycles. The minimum atomic E-state index is 0.307. The number of hydrogen-bond donors (Lipinski definition) is 1. The second-order valence-corrected chi connectivity index (χ2v) is 6.07. The van der Waals surface area contributed by atoms with E-state index in [4.69, 9.17) is 5.73 Å². The Kier molecular flexibility index (Phi) is 4.75. The third-order valence-corrected chi connectivity index (χ3v) is 4.63. The van der Waals surface area contributed by atoms with Crippen molar-refractivity contribution in [1.29, 1.82) is 0 Å². The molecule has 0 fully saturated rings. The van der Waals surface area contributed by atoms with Crippen molar-refractivity contribution < 1.29 is 0 Å². The Morgan fingerprint density at radius 2 is 1.84 bits per heavy atom. The van der Waals surface area contributed by atoms with Crippen LogP contribution < -0.4 is 5.73 Å². The lowest BCUT2D eigenvalue weighted by atomic mass is 10.1. The number of hydrogen-bond acceptors (Lipinski definition) is 3. The fraction of sp³-hybridized carbons (Fsp3) is 0.375. The van der Waals surface area contributed by atoms with Crippen molar-refractivity contribution in [2.75, 3.05) is 13.6 Å². The zero-order chi connectivity index (χ0) is 13.8. The second kappa shape index (κ2) is 6.33. The molecule has 0 aliphatic heterocycles. The van der Waals surface area contributed by atoms with Crippen molar-refractivity contribution in [2.45, 2.75) is 26.4 Å². The molecule has 0 radical (unpaired) electrons. The largest absolute Gasteiger partial charge is 0.329 e. The van der Waals surface area contributed by atoms with Gasteiger partial charge in [0.15, 0.2) is 0 Å². The Morgan fingerprint density at radius 3 is 2.37 bits per heavy atom. The summed E-state index contributed by atoms with van der Waals surface area (Å²) in [6.45, 7) is 5.86. The molecule has 0 bridgehead atoms. The summed E-state index contributed by atoms with van der Waals surface area (Å²) in [4.78, 5) is 3.72. The second-order valence-electron chi connectivity index (χ2n) is 5.12. The van der Waals surface area contributed by atoms with Crippen LogP contribution in [0, 0.1) is 13.8 Å². The monoisotopic (exact) mass is 274 g/mol. The number of likely N-dealkylation sites (N-methyl/N-ethyl adjacent to an activating group) is 1. The lowest BCUT2D eigenvalue weighted by molar-refractivity contribution is 0.244. The predicted octanol–water partition coefficient (Wildman–Crippen LogP) is 3.50. The van der Waals surface area contributed by atoms with E-state index in [1.165, 1.54) is 21.6 Å². The maximum atomic E-state index is 5.98. The molecule has 3 heteroatoms. The molecular weight excluding hydrogens is 252 g/mol. The van der Waals surface area contributed by atoms with Gasteiger partial charge in [-0.25, -0.2) is 0 Å². The molecule has 0 spiro atoms. The first-order chi connectivity index (χ1) is 9.11. The fourth-order valence-corrected chi connectivity index (χ4v) is 3.41. The zero-order valence-electron chi connectivity index (χ0n) is 11.9. The maximum absolute atomic E-state index is 5.98. The van der Waals surface area contributed by atoms with Gasteiger partial charge in [0.25, 0.3) is 0 Å². The first kappa shape index (κ1) is 14.3. The van der Waals surface area contributed by atoms with Crippen LogP contribution in [-0.2, 0) is 6.54 Å². The average Bonchev–Trinajstić information content (AvgIpc) is 2.80. The minimum Gasteiger partial charge on any atom is -0.329 e. The van der Waals surface area contributed by atoms with E-state index in [0.29, 0.717) is 12.6 Å². The quantitative estimate of drug-likeness (QED) is 0.904. The van der Waals surface area contributed by atoms with Gasteiger partial charge in [0, 0.05) is 18.0 Å². The van der Waals surface area contributed by atoms with Crippen molar-refractivity contribution in [1.82, 2.24) is 4.90 Å². The SMILES string of the molecule is Cc1ccc(CN(C)C(CN)c2sccc2C)cc1. The summed E-state index contributed by atoms with van der Waals surface area (Å²) in [5.41, 5.74) is 9.96. The van der Waals surface area contributed by atoms with E-state index in [1.54, 1.807) is 11.3 Å². The number of aryl methyl sites for hydroxylation is 2. The first-order valence-electron chi connectivity index (χ1n) is 6.61. The van der Waals surface area contributed by atoms with Gasteiger partial charge in [-0.05, 0) is 43.5 Å². The Hall–Kier alpha value is -1.16. The van der Waals surface area contributed by atoms with Gasteiger partial charge in [0.05, 0.1) is 6.04 Å². The standard InChI is InChI=1S/C16H22N2S/c1-12-4-6-14(7-5-12)11-18(3)15(10-17)16-13(2)8-9-19-16/h4-9,15H,10-11,17H2,1-3H3. The molecule has 0 aliphatic rings. The number of nitrogens with zero attached hydrogens (tertiary/aromatic N) is 1. The fourth-order valence-electron chi connectivity index (χ4n) is 2.30. The Bertz CT molecular complexity index is 516. The molecule has 19 heavy (non-hydrogen) atoms. The lowest BCUT2D eigenvalue weighted by Crippen LogP contribution is -2.30. The van der Waals surface area contributed by atoms with E-state index in [-0.39, 0.29) is 0 Å². The molecule has 0 amide bonds. The number of benzene rings is 1. The van der Waals surface area contributed by atoms with Crippen LogP contribution in [0.1, 0.15) is 27.6 Å². The molecule has 2 rings (SSSR count). The molecule has 0 saturated carbocycles. The number of thiophene rings is 1. The Labute approximate surface area is 119 Å². The summed E-state index contributed by atoms with van der Waals surface area (Å²) in [5, 5.41) is 2.15. The van der Waals surface area contributed by atoms with Crippen LogP contribution in [-0.4, -0.2) is 18.5 Å². The van der Waals surface area contributed by atoms with E-state index in [9.17, 15) is 0 Å². The lowest BCUT2D eigenvalue weighted by Gasteiger charge is -2.27. The van der Waals surface area contributed by atoms with E-state index in [1.807, 2.05) is 0 Å². The van der Waals surface area contributed by atoms with Gasteiger partial charge < -0.3 is 5.73 Å². The van der Waals surface area contributed by atoms with E-state index in [2.05, 4.69) is 61.5 Å². The topological polar surface area (TPSA) is 29.3 Å². The van der Waals surface area contributed by atoms with Gasteiger partial charge in [-0.3, -0.25) is 4.90 Å². The molecule has 1 aromatic carbocycles. The third-order valence-electron chi connectivity index (χ3n) is 3.51. The van der Waals surface area contributed by atoms with E-state index < -0.39 is 0 Å². The first-order valence-corrected chi connectivity index (χ1v) is 7.49. The van der Waals surface area contributed by atoms with Crippen molar-refractivity contribution in [2.24, 2.45) is 5.73 Å². The summed E-state index contributed by atoms with van der Waals surface area (Å²) >= 11 is 1.80. The van der Waals surface area contributed by atoms with Crippen LogP contribution in [0.3, 0.4) is 0 Å². The van der Waals surface area contributed by atoms with E-state index in [0.717, 1.165) is 6.54 Å². The summed E-state index contributed by atoms with van der Waals surface area (Å²) in [6, 6.07) is 11.2. The summed E-state index contributed by atoms with van der Waals surface area (Å²) < 4.78 is 0. The van der Waals surface area contributed by atoms with Crippen LogP contribution >= 0.6 is 11.3 Å². The molecule has 2 aromatic rings. The molecule has 2 nitrogen and oxygen atoms in total.